The van der Waals surface area contributed by atoms with E-state index in [4.69, 9.17) is 5.11 Å². The summed E-state index contributed by atoms with van der Waals surface area (Å²) in [6.45, 7) is 0.823. The summed E-state index contributed by atoms with van der Waals surface area (Å²) in [4.78, 5) is 11.5. The molecule has 0 aromatic carbocycles. The smallest absolute Gasteiger partial charge is 0.220 e. The van der Waals surface area contributed by atoms with Crippen LogP contribution in [0.15, 0.2) is 16.8 Å². The molecule has 0 spiro atoms. The molecule has 3 nitrogen and oxygen atoms in total. The molecule has 1 aromatic heterocycles. The van der Waals surface area contributed by atoms with Gasteiger partial charge in [0.05, 0.1) is 6.61 Å². The highest BCUT2D eigenvalue weighted by atomic mass is 32.1. The molecule has 0 bridgehead atoms. The van der Waals surface area contributed by atoms with Crippen molar-refractivity contribution in [1.29, 1.82) is 0 Å². The number of amides is 1. The molecule has 0 aliphatic heterocycles. The molecule has 1 heterocycles. The Morgan fingerprint density at radius 1 is 1.56 bits per heavy atom. The fourth-order valence-corrected chi connectivity index (χ4v) is 2.34. The van der Waals surface area contributed by atoms with E-state index >= 15 is 0 Å². The Bertz CT molecular complexity index is 344. The lowest BCUT2D eigenvalue weighted by molar-refractivity contribution is -0.121. The van der Waals surface area contributed by atoms with Crippen LogP contribution in [0.1, 0.15) is 24.8 Å². The van der Waals surface area contributed by atoms with Crippen LogP contribution in [-0.4, -0.2) is 24.2 Å². The predicted octanol–water partition coefficient (Wildman–Crippen LogP) is 1.57. The zero-order valence-corrected chi connectivity index (χ0v) is 10.1. The minimum atomic E-state index is 0.0119. The first-order valence-corrected chi connectivity index (χ1v) is 6.57. The molecule has 0 saturated heterocycles. The molecular formula is C12H17NO2S. The van der Waals surface area contributed by atoms with Gasteiger partial charge in [0.25, 0.3) is 0 Å². The lowest BCUT2D eigenvalue weighted by Crippen LogP contribution is -2.31. The number of aliphatic hydroxyl groups is 1. The number of aryl methyl sites for hydroxylation is 1. The van der Waals surface area contributed by atoms with Gasteiger partial charge in [-0.2, -0.15) is 11.3 Å². The highest BCUT2D eigenvalue weighted by molar-refractivity contribution is 7.07. The highest BCUT2D eigenvalue weighted by Crippen LogP contribution is 2.44. The van der Waals surface area contributed by atoms with Crippen LogP contribution in [-0.2, 0) is 11.2 Å². The lowest BCUT2D eigenvalue weighted by atomic mass is 10.1. The first-order valence-electron chi connectivity index (χ1n) is 5.63. The normalized spacial score (nSPS) is 17.1. The van der Waals surface area contributed by atoms with Gasteiger partial charge in [0.2, 0.25) is 5.91 Å². The van der Waals surface area contributed by atoms with Crippen LogP contribution in [0.5, 0.6) is 0 Å². The Morgan fingerprint density at radius 3 is 2.94 bits per heavy atom. The molecule has 88 valence electrons. The van der Waals surface area contributed by atoms with Crippen LogP contribution in [0, 0.1) is 5.41 Å². The summed E-state index contributed by atoms with van der Waals surface area (Å²) in [6.07, 6.45) is 3.42. The number of rotatable bonds is 6. The zero-order chi connectivity index (χ0) is 11.4. The van der Waals surface area contributed by atoms with Crippen molar-refractivity contribution in [3.63, 3.8) is 0 Å². The largest absolute Gasteiger partial charge is 0.396 e. The average molecular weight is 239 g/mol. The maximum atomic E-state index is 11.5. The SMILES string of the molecule is O=C(CCc1ccsc1)NCC1(CO)CC1. The first kappa shape index (κ1) is 11.6. The van der Waals surface area contributed by atoms with E-state index in [0.717, 1.165) is 19.3 Å². The van der Waals surface area contributed by atoms with E-state index in [9.17, 15) is 4.79 Å². The molecule has 1 aliphatic carbocycles. The van der Waals surface area contributed by atoms with E-state index in [1.165, 1.54) is 5.56 Å². The van der Waals surface area contributed by atoms with Crippen molar-refractivity contribution >= 4 is 17.2 Å². The van der Waals surface area contributed by atoms with Crippen molar-refractivity contribution in [3.8, 4) is 0 Å². The molecule has 2 N–H and O–H groups in total. The molecule has 1 amide bonds. The monoisotopic (exact) mass is 239 g/mol. The van der Waals surface area contributed by atoms with Gasteiger partial charge in [0, 0.05) is 18.4 Å². The maximum absolute atomic E-state index is 11.5. The predicted molar refractivity (Wildman–Crippen MR) is 64.4 cm³/mol. The summed E-state index contributed by atoms with van der Waals surface area (Å²) < 4.78 is 0. The van der Waals surface area contributed by atoms with Gasteiger partial charge < -0.3 is 10.4 Å². The maximum Gasteiger partial charge on any atom is 0.220 e. The Morgan fingerprint density at radius 2 is 2.38 bits per heavy atom. The third kappa shape index (κ3) is 3.06. The van der Waals surface area contributed by atoms with Gasteiger partial charge in [-0.05, 0) is 41.7 Å². The molecular weight excluding hydrogens is 222 g/mol. The minimum absolute atomic E-state index is 0.0119. The van der Waals surface area contributed by atoms with E-state index in [-0.39, 0.29) is 17.9 Å². The fourth-order valence-electron chi connectivity index (χ4n) is 1.63. The van der Waals surface area contributed by atoms with Gasteiger partial charge >= 0.3 is 0 Å². The second-order valence-electron chi connectivity index (χ2n) is 4.57. The summed E-state index contributed by atoms with van der Waals surface area (Å²) in [6, 6.07) is 2.05. The van der Waals surface area contributed by atoms with Crippen LogP contribution in [0.3, 0.4) is 0 Å². The molecule has 4 heteroatoms. The Hall–Kier alpha value is -0.870. The van der Waals surface area contributed by atoms with Gasteiger partial charge in [0.1, 0.15) is 0 Å². The quantitative estimate of drug-likeness (QED) is 0.791. The summed E-state index contributed by atoms with van der Waals surface area (Å²) >= 11 is 1.66. The Kier molecular flexibility index (Phi) is 3.61. The van der Waals surface area contributed by atoms with E-state index in [2.05, 4.69) is 10.7 Å². The topological polar surface area (TPSA) is 49.3 Å². The number of aliphatic hydroxyl groups excluding tert-OH is 1. The fraction of sp³-hybridized carbons (Fsp3) is 0.583. The van der Waals surface area contributed by atoms with Crippen molar-refractivity contribution in [2.24, 2.45) is 5.41 Å². The van der Waals surface area contributed by atoms with Gasteiger partial charge in [0.15, 0.2) is 0 Å². The van der Waals surface area contributed by atoms with Crippen LogP contribution < -0.4 is 5.32 Å². The van der Waals surface area contributed by atoms with Crippen LogP contribution in [0.2, 0.25) is 0 Å². The minimum Gasteiger partial charge on any atom is -0.396 e. The van der Waals surface area contributed by atoms with E-state index in [0.29, 0.717) is 13.0 Å². The first-order chi connectivity index (χ1) is 7.74. The molecule has 0 radical (unpaired) electrons. The molecule has 2 rings (SSSR count). The number of nitrogens with one attached hydrogen (secondary N) is 1. The molecule has 0 atom stereocenters. The highest BCUT2D eigenvalue weighted by Gasteiger charge is 2.41. The number of hydrogen-bond acceptors (Lipinski definition) is 3. The van der Waals surface area contributed by atoms with Crippen molar-refractivity contribution in [2.75, 3.05) is 13.2 Å². The third-order valence-electron chi connectivity index (χ3n) is 3.17. The summed E-state index contributed by atoms with van der Waals surface area (Å²) in [7, 11) is 0. The molecule has 1 aliphatic rings. The van der Waals surface area contributed by atoms with Gasteiger partial charge in [-0.3, -0.25) is 4.79 Å². The van der Waals surface area contributed by atoms with Gasteiger partial charge in [-0.25, -0.2) is 0 Å². The van der Waals surface area contributed by atoms with Crippen LogP contribution in [0.4, 0.5) is 0 Å². The van der Waals surface area contributed by atoms with E-state index < -0.39 is 0 Å². The Balaban J connectivity index is 1.65. The molecule has 1 aromatic rings. The molecule has 0 unspecified atom stereocenters. The molecule has 1 saturated carbocycles. The molecule has 1 fully saturated rings. The lowest BCUT2D eigenvalue weighted by Gasteiger charge is -2.12. The van der Waals surface area contributed by atoms with E-state index in [1.54, 1.807) is 11.3 Å². The number of carbonyl (C=O) groups is 1. The molecule has 16 heavy (non-hydrogen) atoms. The zero-order valence-electron chi connectivity index (χ0n) is 9.24. The number of hydrogen-bond donors (Lipinski definition) is 2. The number of carbonyl (C=O) groups excluding carboxylic acids is 1. The van der Waals surface area contributed by atoms with Gasteiger partial charge in [-0.1, -0.05) is 0 Å². The van der Waals surface area contributed by atoms with Crippen molar-refractivity contribution in [1.82, 2.24) is 5.32 Å². The Labute approximate surface area is 99.5 Å². The average Bonchev–Trinajstić information content (AvgIpc) is 2.90. The van der Waals surface area contributed by atoms with Crippen molar-refractivity contribution in [2.45, 2.75) is 25.7 Å². The standard InChI is InChI=1S/C12H17NO2S/c14-9-12(4-5-12)8-13-11(15)2-1-10-3-6-16-7-10/h3,6-7,14H,1-2,4-5,8-9H2,(H,13,15). The summed E-state index contributed by atoms with van der Waals surface area (Å²) in [5, 5.41) is 16.1. The summed E-state index contributed by atoms with van der Waals surface area (Å²) in [5.74, 6) is 0.0888. The second kappa shape index (κ2) is 4.97. The second-order valence-corrected chi connectivity index (χ2v) is 5.35. The number of thiophene rings is 1. The summed E-state index contributed by atoms with van der Waals surface area (Å²) in [5.41, 5.74) is 1.24. The van der Waals surface area contributed by atoms with E-state index in [1.807, 2.05) is 11.4 Å². The van der Waals surface area contributed by atoms with Crippen LogP contribution in [0.25, 0.3) is 0 Å². The third-order valence-corrected chi connectivity index (χ3v) is 3.91. The van der Waals surface area contributed by atoms with Gasteiger partial charge in [-0.15, -0.1) is 0 Å². The van der Waals surface area contributed by atoms with Crippen LogP contribution >= 0.6 is 11.3 Å². The van der Waals surface area contributed by atoms with Crippen molar-refractivity contribution < 1.29 is 9.90 Å². The van der Waals surface area contributed by atoms with Crippen molar-refractivity contribution in [3.05, 3.63) is 22.4 Å².